The molecule has 35 heavy (non-hydrogen) atoms. The van der Waals surface area contributed by atoms with Gasteiger partial charge in [-0.2, -0.15) is 4.31 Å². The second-order valence-corrected chi connectivity index (χ2v) is 9.78. The van der Waals surface area contributed by atoms with Crippen LogP contribution < -0.4 is 15.0 Å². The van der Waals surface area contributed by atoms with Gasteiger partial charge in [0, 0.05) is 45.5 Å². The maximum absolute atomic E-state index is 13.5. The number of carbonyl (C=O) groups is 1. The van der Waals surface area contributed by atoms with Crippen molar-refractivity contribution in [2.24, 2.45) is 0 Å². The number of aryl methyl sites for hydroxylation is 1. The molecule has 0 spiro atoms. The molecule has 12 heteroatoms. The number of hydrogen-bond acceptors (Lipinski definition) is 9. The number of methoxy groups -OCH3 is 1. The average molecular weight is 499 g/mol. The van der Waals surface area contributed by atoms with E-state index in [1.165, 1.54) is 18.3 Å². The van der Waals surface area contributed by atoms with Crippen molar-refractivity contribution in [3.63, 3.8) is 0 Å². The van der Waals surface area contributed by atoms with Crippen LogP contribution >= 0.6 is 0 Å². The molecular weight excluding hydrogens is 472 g/mol. The topological polar surface area (TPSA) is 131 Å². The van der Waals surface area contributed by atoms with E-state index in [1.54, 1.807) is 55.7 Å². The first-order chi connectivity index (χ1) is 16.8. The van der Waals surface area contributed by atoms with Gasteiger partial charge >= 0.3 is 0 Å². The summed E-state index contributed by atoms with van der Waals surface area (Å²) in [5.41, 5.74) is 1.62. The van der Waals surface area contributed by atoms with Gasteiger partial charge in [-0.15, -0.1) is 0 Å². The van der Waals surface area contributed by atoms with Crippen molar-refractivity contribution in [1.82, 2.24) is 19.4 Å². The maximum atomic E-state index is 13.5. The lowest BCUT2D eigenvalue weighted by Crippen LogP contribution is -2.49. The Morgan fingerprint density at radius 3 is 2.51 bits per heavy atom. The molecule has 1 aromatic carbocycles. The van der Waals surface area contributed by atoms with Crippen LogP contribution in [0, 0.1) is 6.92 Å². The molecule has 0 radical (unpaired) electrons. The first-order valence-corrected chi connectivity index (χ1v) is 12.4. The monoisotopic (exact) mass is 498 g/mol. The molecule has 1 N–H and O–H groups in total. The van der Waals surface area contributed by atoms with Crippen LogP contribution in [0.2, 0.25) is 0 Å². The second-order valence-electron chi connectivity index (χ2n) is 7.87. The molecule has 0 saturated carbocycles. The normalized spacial score (nSPS) is 14.9. The molecule has 0 atom stereocenters. The van der Waals surface area contributed by atoms with Crippen molar-refractivity contribution in [1.29, 1.82) is 0 Å². The lowest BCUT2D eigenvalue weighted by molar-refractivity contribution is -0.114. The zero-order chi connectivity index (χ0) is 25.0. The Morgan fingerprint density at radius 1 is 1.14 bits per heavy atom. The van der Waals surface area contributed by atoms with Gasteiger partial charge in [0.1, 0.15) is 22.0 Å². The molecular formula is C23H26N6O5S. The molecule has 1 amide bonds. The fraction of sp³-hybridized carbons (Fsp3) is 0.304. The molecule has 0 aliphatic carbocycles. The van der Waals surface area contributed by atoms with E-state index in [4.69, 9.17) is 9.26 Å². The third kappa shape index (κ3) is 5.33. The highest BCUT2D eigenvalue weighted by molar-refractivity contribution is 7.89. The van der Waals surface area contributed by atoms with Crippen molar-refractivity contribution in [2.45, 2.75) is 18.7 Å². The number of aromatic nitrogens is 3. The number of sulfonamides is 1. The molecule has 184 valence electrons. The van der Waals surface area contributed by atoms with Crippen LogP contribution in [0.3, 0.4) is 0 Å². The molecule has 1 aliphatic heterocycles. The third-order valence-corrected chi connectivity index (χ3v) is 7.42. The van der Waals surface area contributed by atoms with Crippen molar-refractivity contribution < 1.29 is 22.5 Å². The number of benzene rings is 1. The molecule has 3 heterocycles. The molecule has 11 nitrogen and oxygen atoms in total. The van der Waals surface area contributed by atoms with Crippen LogP contribution in [0.1, 0.15) is 23.9 Å². The maximum Gasteiger partial charge on any atom is 0.246 e. The minimum Gasteiger partial charge on any atom is -0.495 e. The van der Waals surface area contributed by atoms with Crippen molar-refractivity contribution in [2.75, 3.05) is 43.5 Å². The second kappa shape index (κ2) is 10.2. The number of nitrogens with zero attached hydrogens (tertiary/aromatic N) is 5. The summed E-state index contributed by atoms with van der Waals surface area (Å²) in [6.45, 7) is 4.65. The first kappa shape index (κ1) is 24.4. The number of nitrogens with one attached hydrogen (secondary N) is 1. The Morgan fingerprint density at radius 2 is 1.86 bits per heavy atom. The summed E-state index contributed by atoms with van der Waals surface area (Å²) in [6.07, 6.45) is 6.64. The van der Waals surface area contributed by atoms with E-state index in [9.17, 15) is 13.2 Å². The number of rotatable bonds is 7. The van der Waals surface area contributed by atoms with E-state index in [0.717, 1.165) is 0 Å². The Hall–Kier alpha value is -3.77. The fourth-order valence-electron chi connectivity index (χ4n) is 3.72. The van der Waals surface area contributed by atoms with Gasteiger partial charge < -0.3 is 19.5 Å². The van der Waals surface area contributed by atoms with Crippen LogP contribution in [0.15, 0.2) is 46.1 Å². The summed E-state index contributed by atoms with van der Waals surface area (Å²) >= 11 is 0. The molecule has 2 aromatic heterocycles. The van der Waals surface area contributed by atoms with Gasteiger partial charge in [-0.3, -0.25) is 4.79 Å². The molecule has 3 aromatic rings. The van der Waals surface area contributed by atoms with Gasteiger partial charge in [0.2, 0.25) is 21.9 Å². The number of ether oxygens (including phenoxy) is 1. The van der Waals surface area contributed by atoms with E-state index in [-0.39, 0.29) is 16.6 Å². The highest BCUT2D eigenvalue weighted by Gasteiger charge is 2.31. The van der Waals surface area contributed by atoms with Crippen molar-refractivity contribution in [3.05, 3.63) is 53.7 Å². The standard InChI is InChI=1S/C23H26N6O5S/c1-16-22(26-17(2)30)20(34-27-16)8-6-18-5-7-19(33-3)21(15-18)35(31,32)29-13-11-28(12-14-29)23-24-9-4-10-25-23/h4-10,15H,11-14H2,1-3H3,(H,26,30). The smallest absolute Gasteiger partial charge is 0.246 e. The van der Waals surface area contributed by atoms with Crippen LogP contribution in [0.25, 0.3) is 12.2 Å². The quantitative estimate of drug-likeness (QED) is 0.522. The summed E-state index contributed by atoms with van der Waals surface area (Å²) in [5.74, 6) is 0.945. The van der Waals surface area contributed by atoms with Gasteiger partial charge in [-0.05, 0) is 36.8 Å². The van der Waals surface area contributed by atoms with E-state index in [1.807, 2.05) is 4.90 Å². The summed E-state index contributed by atoms with van der Waals surface area (Å²) in [7, 11) is -2.39. The number of amides is 1. The molecule has 1 fully saturated rings. The lowest BCUT2D eigenvalue weighted by atomic mass is 10.2. The number of piperazine rings is 1. The third-order valence-electron chi connectivity index (χ3n) is 5.50. The lowest BCUT2D eigenvalue weighted by Gasteiger charge is -2.34. The first-order valence-electron chi connectivity index (χ1n) is 10.9. The number of carbonyl (C=O) groups excluding carboxylic acids is 1. The van der Waals surface area contributed by atoms with Crippen LogP contribution in [-0.2, 0) is 14.8 Å². The zero-order valence-corrected chi connectivity index (χ0v) is 20.4. The van der Waals surface area contributed by atoms with Gasteiger partial charge in [0.25, 0.3) is 0 Å². The molecule has 0 unspecified atom stereocenters. The Balaban J connectivity index is 1.56. The van der Waals surface area contributed by atoms with Crippen molar-refractivity contribution in [3.8, 4) is 5.75 Å². The SMILES string of the molecule is COc1ccc(C=Cc2onc(C)c2NC(C)=O)cc1S(=O)(=O)N1CCN(c2ncccn2)CC1. The van der Waals surface area contributed by atoms with Gasteiger partial charge in [0.15, 0.2) is 5.76 Å². The molecule has 0 bridgehead atoms. The number of hydrogen-bond donors (Lipinski definition) is 1. The van der Waals surface area contributed by atoms with Gasteiger partial charge in [-0.1, -0.05) is 17.3 Å². The fourth-order valence-corrected chi connectivity index (χ4v) is 5.33. The van der Waals surface area contributed by atoms with Crippen LogP contribution in [0.4, 0.5) is 11.6 Å². The molecule has 4 rings (SSSR count). The van der Waals surface area contributed by atoms with Gasteiger partial charge in [-0.25, -0.2) is 18.4 Å². The van der Waals surface area contributed by atoms with E-state index in [2.05, 4.69) is 20.4 Å². The van der Waals surface area contributed by atoms with E-state index >= 15 is 0 Å². The average Bonchev–Trinajstić information content (AvgIpc) is 3.21. The van der Waals surface area contributed by atoms with E-state index in [0.29, 0.717) is 54.8 Å². The summed E-state index contributed by atoms with van der Waals surface area (Å²) < 4.78 is 39.1. The summed E-state index contributed by atoms with van der Waals surface area (Å²) in [4.78, 5) is 22.0. The Bertz CT molecular complexity index is 1330. The summed E-state index contributed by atoms with van der Waals surface area (Å²) in [5, 5.41) is 6.57. The minimum absolute atomic E-state index is 0.0717. The van der Waals surface area contributed by atoms with Crippen LogP contribution in [-0.4, -0.2) is 67.0 Å². The molecule has 1 saturated heterocycles. The Labute approximate surface area is 203 Å². The number of anilines is 2. The predicted molar refractivity (Wildman–Crippen MR) is 130 cm³/mol. The molecule has 1 aliphatic rings. The highest BCUT2D eigenvalue weighted by Crippen LogP contribution is 2.30. The van der Waals surface area contributed by atoms with Gasteiger partial charge in [0.05, 0.1) is 7.11 Å². The predicted octanol–water partition coefficient (Wildman–Crippen LogP) is 2.42. The van der Waals surface area contributed by atoms with Crippen LogP contribution in [0.5, 0.6) is 5.75 Å². The minimum atomic E-state index is -3.82. The van der Waals surface area contributed by atoms with Crippen molar-refractivity contribution >= 4 is 39.7 Å². The summed E-state index contributed by atoms with van der Waals surface area (Å²) in [6, 6.07) is 6.64. The zero-order valence-electron chi connectivity index (χ0n) is 19.6. The Kier molecular flexibility index (Phi) is 7.12. The van der Waals surface area contributed by atoms with E-state index < -0.39 is 10.0 Å². The largest absolute Gasteiger partial charge is 0.495 e. The highest BCUT2D eigenvalue weighted by atomic mass is 32.2.